The van der Waals surface area contributed by atoms with Gasteiger partial charge in [0, 0.05) is 76.6 Å². The second kappa shape index (κ2) is 25.7. The lowest BCUT2D eigenvalue weighted by Crippen LogP contribution is -2.52. The lowest BCUT2D eigenvalue weighted by molar-refractivity contribution is -0.309. The number of nitrogens with two attached hydrogens (primary N) is 1. The molecule has 436 valence electrons. The van der Waals surface area contributed by atoms with E-state index >= 15 is 0 Å². The molecule has 2 aromatic carbocycles. The Bertz CT molecular complexity index is 2620. The van der Waals surface area contributed by atoms with Crippen LogP contribution < -0.4 is 19.3 Å². The highest BCUT2D eigenvalue weighted by molar-refractivity contribution is 7.91. The van der Waals surface area contributed by atoms with E-state index in [1.807, 2.05) is 4.72 Å². The van der Waals surface area contributed by atoms with E-state index < -0.39 is 110 Å². The molecule has 3 N–H and O–H groups in total. The van der Waals surface area contributed by atoms with Crippen LogP contribution in [0.1, 0.15) is 47.9 Å². The third-order valence-corrected chi connectivity index (χ3v) is 14.7. The highest BCUT2D eigenvalue weighted by Gasteiger charge is 2.61. The number of nitrogens with one attached hydrogen (secondary N) is 1. The zero-order valence-electron chi connectivity index (χ0n) is 40.2. The molecule has 0 aromatic heterocycles. The molecule has 2 aliphatic heterocycles. The highest BCUT2D eigenvalue weighted by Crippen LogP contribution is 2.38. The predicted octanol–water partition coefficient (Wildman–Crippen LogP) is 6.33. The van der Waals surface area contributed by atoms with Gasteiger partial charge in [0.25, 0.3) is 23.4 Å². The van der Waals surface area contributed by atoms with E-state index in [0.717, 1.165) is 17.7 Å². The summed E-state index contributed by atoms with van der Waals surface area (Å²) in [5.41, 5.74) is 1.01. The molecule has 18 nitrogen and oxygen atoms in total. The van der Waals surface area contributed by atoms with Crippen molar-refractivity contribution in [1.82, 2.24) is 24.3 Å². The van der Waals surface area contributed by atoms with E-state index in [0.29, 0.717) is 23.3 Å². The van der Waals surface area contributed by atoms with Gasteiger partial charge in [0.05, 0.1) is 10.5 Å². The number of carbonyl (C=O) groups is 4. The number of ether oxygens (including phenoxy) is 4. The molecule has 2 aliphatic carbocycles. The molecule has 6 rings (SSSR count). The number of nitrogens with zero attached hydrogens (tertiary/aromatic N) is 4. The van der Waals surface area contributed by atoms with Crippen molar-refractivity contribution in [3.63, 3.8) is 0 Å². The van der Waals surface area contributed by atoms with Gasteiger partial charge < -0.3 is 28.7 Å². The summed E-state index contributed by atoms with van der Waals surface area (Å²) in [4.78, 5) is 51.4. The van der Waals surface area contributed by atoms with Crippen molar-refractivity contribution in [2.75, 3.05) is 65.6 Å². The van der Waals surface area contributed by atoms with Gasteiger partial charge in [-0.2, -0.15) is 52.7 Å². The van der Waals surface area contributed by atoms with Crippen LogP contribution in [0.5, 0.6) is 11.5 Å². The van der Waals surface area contributed by atoms with Gasteiger partial charge in [-0.25, -0.2) is 45.1 Å². The molecule has 2 saturated heterocycles. The summed E-state index contributed by atoms with van der Waals surface area (Å²) < 4.78 is 244. The van der Waals surface area contributed by atoms with E-state index in [9.17, 15) is 97.5 Å². The number of piperazine rings is 2. The lowest BCUT2D eigenvalue weighted by Gasteiger charge is -2.35. The second-order valence-corrected chi connectivity index (χ2v) is 21.8. The molecule has 0 atom stereocenters. The quantitative estimate of drug-likeness (QED) is 0.147. The maximum absolute atomic E-state index is 14.8. The van der Waals surface area contributed by atoms with Gasteiger partial charge >= 0.3 is 36.9 Å². The fourth-order valence-corrected chi connectivity index (χ4v) is 9.06. The summed E-state index contributed by atoms with van der Waals surface area (Å²) in [6.07, 6.45) is -32.9. The molecule has 0 bridgehead atoms. The SMILES string of the molecule is Cc1ccc(CN2CCN(C(=O)OC(C(F)(F)F)C(F)(F)F)CC2)c(OCC(=O)Cl)c1F.Cc1ccc(CN2CCN(C(=O)OC(C(F)(F)F)C(F)(F)F)CC2)c(OCC(=O)NS(=O)(=O)C2CC2)c1F.NS(=O)(=O)C1CC1. The van der Waals surface area contributed by atoms with Crippen molar-refractivity contribution in [2.45, 2.75) is 100 Å². The third kappa shape index (κ3) is 19.9. The topological polar surface area (TPSA) is 224 Å². The molecule has 3 amide bonds. The fourth-order valence-electron chi connectivity index (χ4n) is 6.91. The van der Waals surface area contributed by atoms with Crippen LogP contribution in [-0.2, 0) is 52.2 Å². The summed E-state index contributed by atoms with van der Waals surface area (Å²) >= 11 is 5.22. The minimum atomic E-state index is -5.83. The number of halogens is 15. The lowest BCUT2D eigenvalue weighted by atomic mass is 10.1. The zero-order valence-corrected chi connectivity index (χ0v) is 42.6. The van der Waals surface area contributed by atoms with Crippen LogP contribution >= 0.6 is 11.6 Å². The molecule has 77 heavy (non-hydrogen) atoms. The molecular formula is C42H49ClF14N6O12S2. The van der Waals surface area contributed by atoms with Gasteiger partial charge in [0.1, 0.15) is 0 Å². The van der Waals surface area contributed by atoms with Crippen molar-refractivity contribution in [3.05, 3.63) is 58.2 Å². The summed E-state index contributed by atoms with van der Waals surface area (Å²) in [6.45, 7) is 0.745. The number of carbonyl (C=O) groups excluding carboxylic acids is 4. The first kappa shape index (κ1) is 64.3. The Morgan fingerprint density at radius 2 is 0.935 bits per heavy atom. The van der Waals surface area contributed by atoms with E-state index in [1.165, 1.54) is 32.0 Å². The third-order valence-electron chi connectivity index (χ3n) is 11.3. The molecule has 2 aromatic rings. The monoisotopic (exact) mass is 1190 g/mol. The van der Waals surface area contributed by atoms with E-state index in [-0.39, 0.29) is 98.9 Å². The Morgan fingerprint density at radius 1 is 0.597 bits per heavy atom. The molecular weight excluding hydrogens is 1150 g/mol. The zero-order chi connectivity index (χ0) is 58.2. The maximum atomic E-state index is 14.8. The standard InChI is InChI=1S/C21H24F7N3O6S.C18H18ClF7N2O4.C3H7NO2S/c1-12-2-3-13(17(16(12)22)36-11-15(32)29-38(34,35)14-4-5-14)10-30-6-8-31(9-7-30)19(33)37-18(20(23,24)25)21(26,27)28;1-10-2-3-11(14(13(10)20)31-9-12(19)29)8-27-4-6-28(7-5-27)16(30)32-15(17(21,22)23)18(24,25)26;4-7(5,6)3-1-2-3/h2-3,14,18H,4-11H2,1H3,(H,29,32);2-3,15H,4-9H2,1H3;3H,1-2H2,(H2,4,5,6). The van der Waals surface area contributed by atoms with Crippen LogP contribution in [-0.4, -0.2) is 173 Å². The summed E-state index contributed by atoms with van der Waals surface area (Å²) in [7, 11) is -6.96. The van der Waals surface area contributed by atoms with Crippen molar-refractivity contribution in [1.29, 1.82) is 0 Å². The van der Waals surface area contributed by atoms with Crippen LogP contribution in [0.25, 0.3) is 0 Å². The van der Waals surface area contributed by atoms with E-state index in [2.05, 4.69) is 9.47 Å². The predicted molar refractivity (Wildman–Crippen MR) is 239 cm³/mol. The molecule has 4 aliphatic rings. The maximum Gasteiger partial charge on any atom is 0.434 e. The first-order valence-electron chi connectivity index (χ1n) is 22.5. The smallest absolute Gasteiger partial charge is 0.434 e. The largest absolute Gasteiger partial charge is 0.481 e. The van der Waals surface area contributed by atoms with Crippen molar-refractivity contribution in [3.8, 4) is 11.5 Å². The first-order chi connectivity index (χ1) is 35.3. The summed E-state index contributed by atoms with van der Waals surface area (Å²) in [5, 5.41) is 3.01. The number of aryl methyl sites for hydroxylation is 2. The first-order valence-corrected chi connectivity index (χ1v) is 26.0. The average molecular weight is 1200 g/mol. The second-order valence-electron chi connectivity index (χ2n) is 17.6. The highest BCUT2D eigenvalue weighted by atomic mass is 35.5. The number of alkyl halides is 12. The van der Waals surface area contributed by atoms with Crippen LogP contribution in [0.3, 0.4) is 0 Å². The van der Waals surface area contributed by atoms with Crippen molar-refractivity contribution in [2.24, 2.45) is 5.14 Å². The van der Waals surface area contributed by atoms with E-state index in [4.69, 9.17) is 26.2 Å². The number of hydrogen-bond acceptors (Lipinski definition) is 14. The number of sulfonamides is 2. The Balaban J connectivity index is 0.000000297. The number of benzene rings is 2. The summed E-state index contributed by atoms with van der Waals surface area (Å²) in [5.74, 6) is -3.00. The molecule has 0 unspecified atom stereocenters. The number of rotatable bonds is 15. The Kier molecular flexibility index (Phi) is 21.5. The molecule has 2 heterocycles. The Morgan fingerprint density at radius 3 is 1.22 bits per heavy atom. The van der Waals surface area contributed by atoms with Gasteiger partial charge in [-0.1, -0.05) is 24.3 Å². The van der Waals surface area contributed by atoms with Gasteiger partial charge in [-0.3, -0.25) is 19.4 Å². The summed E-state index contributed by atoms with van der Waals surface area (Å²) in [6, 6.07) is 5.94. The molecule has 0 spiro atoms. The van der Waals surface area contributed by atoms with Gasteiger partial charge in [0.2, 0.25) is 20.0 Å². The van der Waals surface area contributed by atoms with Crippen LogP contribution in [0.15, 0.2) is 24.3 Å². The number of hydrogen-bond donors (Lipinski definition) is 2. The van der Waals surface area contributed by atoms with Gasteiger partial charge in [-0.05, 0) is 62.3 Å². The van der Waals surface area contributed by atoms with Crippen LogP contribution in [0.2, 0.25) is 0 Å². The fraction of sp³-hybridized carbons (Fsp3) is 0.619. The minimum Gasteiger partial charge on any atom is -0.481 e. The van der Waals surface area contributed by atoms with E-state index in [1.54, 1.807) is 15.9 Å². The van der Waals surface area contributed by atoms with Crippen molar-refractivity contribution < 1.29 is 116 Å². The minimum absolute atomic E-state index is 0.00709. The Hall–Kier alpha value is -5.19. The number of primary sulfonamides is 1. The van der Waals surface area contributed by atoms with Crippen LogP contribution in [0.4, 0.5) is 71.1 Å². The molecule has 35 heteroatoms. The average Bonchev–Trinajstić information content (AvgIpc) is 4.22. The Labute approximate surface area is 435 Å². The normalized spacial score (nSPS) is 17.2. The van der Waals surface area contributed by atoms with Gasteiger partial charge in [0.15, 0.2) is 36.3 Å². The molecule has 2 saturated carbocycles. The van der Waals surface area contributed by atoms with Crippen LogP contribution in [0, 0.1) is 25.5 Å². The van der Waals surface area contributed by atoms with Gasteiger partial charge in [-0.15, -0.1) is 0 Å². The molecule has 0 radical (unpaired) electrons. The number of amides is 3. The van der Waals surface area contributed by atoms with Crippen molar-refractivity contribution >= 4 is 55.0 Å². The molecule has 4 fully saturated rings.